The summed E-state index contributed by atoms with van der Waals surface area (Å²) in [5, 5.41) is 3.29. The van der Waals surface area contributed by atoms with E-state index in [4.69, 9.17) is 10.5 Å². The number of anilines is 2. The van der Waals surface area contributed by atoms with E-state index < -0.39 is 0 Å². The number of nitrogens with one attached hydrogen (secondary N) is 1. The van der Waals surface area contributed by atoms with Crippen LogP contribution in [0.15, 0.2) is 29.2 Å². The molecule has 27 heavy (non-hydrogen) atoms. The first-order valence-corrected chi connectivity index (χ1v) is 9.85. The molecule has 0 spiro atoms. The second-order valence-corrected chi connectivity index (χ2v) is 8.39. The molecule has 0 radical (unpaired) electrons. The van der Waals surface area contributed by atoms with Crippen LogP contribution in [0.5, 0.6) is 11.5 Å². The highest BCUT2D eigenvalue weighted by Gasteiger charge is 2.26. The Bertz CT molecular complexity index is 911. The number of rotatable bonds is 3. The largest absolute Gasteiger partial charge is 0.450 e. The molecule has 1 aliphatic carbocycles. The molecule has 0 amide bonds. The van der Waals surface area contributed by atoms with Crippen molar-refractivity contribution in [1.29, 1.82) is 0 Å². The van der Waals surface area contributed by atoms with Gasteiger partial charge in [0.25, 0.3) is 0 Å². The summed E-state index contributed by atoms with van der Waals surface area (Å²) in [5.74, 6) is 1.85. The zero-order chi connectivity index (χ0) is 19.2. The van der Waals surface area contributed by atoms with Crippen molar-refractivity contribution in [2.45, 2.75) is 70.4 Å². The Morgan fingerprint density at radius 2 is 2.00 bits per heavy atom. The Hall–Kier alpha value is -2.34. The summed E-state index contributed by atoms with van der Waals surface area (Å²) < 4.78 is 7.79. The molecule has 0 atom stereocenters. The van der Waals surface area contributed by atoms with Gasteiger partial charge in [-0.2, -0.15) is 4.98 Å². The van der Waals surface area contributed by atoms with Gasteiger partial charge in [0.15, 0.2) is 17.3 Å². The predicted molar refractivity (Wildman–Crippen MR) is 107 cm³/mol. The molecule has 0 saturated heterocycles. The molecule has 2 aromatic rings. The highest BCUT2D eigenvalue weighted by Crippen LogP contribution is 2.43. The van der Waals surface area contributed by atoms with Crippen molar-refractivity contribution in [2.24, 2.45) is 5.73 Å². The molecule has 2 aliphatic rings. The maximum atomic E-state index is 12.6. The van der Waals surface area contributed by atoms with E-state index in [-0.39, 0.29) is 23.2 Å². The van der Waals surface area contributed by atoms with E-state index in [2.05, 4.69) is 43.2 Å². The molecular formula is C21H28N4O2. The third-order valence-corrected chi connectivity index (χ3v) is 6.17. The molecule has 1 aromatic heterocycles. The van der Waals surface area contributed by atoms with Gasteiger partial charge in [-0.1, -0.05) is 26.8 Å². The number of aromatic nitrogens is 2. The van der Waals surface area contributed by atoms with Gasteiger partial charge in [-0.05, 0) is 55.2 Å². The minimum absolute atomic E-state index is 0.0790. The summed E-state index contributed by atoms with van der Waals surface area (Å²) in [7, 11) is 0. The molecule has 3 N–H and O–H groups in total. The van der Waals surface area contributed by atoms with Crippen LogP contribution in [0.3, 0.4) is 0 Å². The number of hydrogen-bond donors (Lipinski definition) is 2. The minimum Gasteiger partial charge on any atom is -0.450 e. The number of fused-ring (bicyclic) bond motifs is 2. The average Bonchev–Trinajstić information content (AvgIpc) is 2.66. The van der Waals surface area contributed by atoms with E-state index in [1.165, 1.54) is 5.56 Å². The Balaban J connectivity index is 1.64. The van der Waals surface area contributed by atoms with E-state index in [1.54, 1.807) is 10.8 Å². The first-order valence-electron chi connectivity index (χ1n) is 9.85. The minimum atomic E-state index is -0.237. The Kier molecular flexibility index (Phi) is 4.46. The van der Waals surface area contributed by atoms with Crippen molar-refractivity contribution in [3.05, 3.63) is 40.4 Å². The van der Waals surface area contributed by atoms with Gasteiger partial charge in [0.1, 0.15) is 0 Å². The lowest BCUT2D eigenvalue weighted by Crippen LogP contribution is -2.33. The van der Waals surface area contributed by atoms with Crippen LogP contribution in [-0.2, 0) is 5.41 Å². The van der Waals surface area contributed by atoms with Gasteiger partial charge in [0.2, 0.25) is 0 Å². The smallest absolute Gasteiger partial charge is 0.350 e. The average molecular weight is 368 g/mol. The van der Waals surface area contributed by atoms with Crippen LogP contribution in [0, 0.1) is 0 Å². The number of nitrogens with zero attached hydrogens (tertiary/aromatic N) is 2. The van der Waals surface area contributed by atoms with Crippen molar-refractivity contribution < 1.29 is 4.74 Å². The third-order valence-electron chi connectivity index (χ3n) is 6.17. The number of nitrogens with two attached hydrogens (primary N) is 1. The maximum absolute atomic E-state index is 12.6. The lowest BCUT2D eigenvalue weighted by molar-refractivity contribution is 0.311. The van der Waals surface area contributed by atoms with Crippen LogP contribution in [0.2, 0.25) is 0 Å². The fourth-order valence-electron chi connectivity index (χ4n) is 3.84. The van der Waals surface area contributed by atoms with Gasteiger partial charge in [-0.25, -0.2) is 4.79 Å². The van der Waals surface area contributed by atoms with Crippen molar-refractivity contribution in [1.82, 2.24) is 9.55 Å². The van der Waals surface area contributed by atoms with Crippen molar-refractivity contribution >= 4 is 11.5 Å². The second kappa shape index (κ2) is 6.68. The van der Waals surface area contributed by atoms with Gasteiger partial charge < -0.3 is 15.8 Å². The van der Waals surface area contributed by atoms with Crippen LogP contribution in [0.25, 0.3) is 0 Å². The third kappa shape index (κ3) is 3.34. The van der Waals surface area contributed by atoms with Gasteiger partial charge in [0, 0.05) is 12.1 Å². The molecule has 1 aromatic carbocycles. The summed E-state index contributed by atoms with van der Waals surface area (Å²) in [5.41, 5.74) is 7.92. The Morgan fingerprint density at radius 3 is 2.70 bits per heavy atom. The van der Waals surface area contributed by atoms with Gasteiger partial charge >= 0.3 is 5.69 Å². The molecule has 0 bridgehead atoms. The molecule has 6 nitrogen and oxygen atoms in total. The van der Waals surface area contributed by atoms with Gasteiger partial charge in [-0.3, -0.25) is 4.57 Å². The van der Waals surface area contributed by atoms with Crippen LogP contribution in [0.1, 0.15) is 64.5 Å². The standard InChI is InChI=1S/C21H28N4O2/c1-4-21(2,3)13-5-10-17-16(11-13)23-19-18(27-17)12-25(20(26)24-19)15-8-6-14(22)7-9-15/h5,10-12,14-15H,4,6-9,22H2,1-3H3,(H,23,24,26). The summed E-state index contributed by atoms with van der Waals surface area (Å²) >= 11 is 0. The molecule has 0 unspecified atom stereocenters. The van der Waals surface area contributed by atoms with Crippen molar-refractivity contribution in [3.8, 4) is 11.5 Å². The van der Waals surface area contributed by atoms with E-state index in [9.17, 15) is 4.79 Å². The fourth-order valence-corrected chi connectivity index (χ4v) is 3.84. The molecular weight excluding hydrogens is 340 g/mol. The zero-order valence-electron chi connectivity index (χ0n) is 16.3. The molecule has 4 rings (SSSR count). The summed E-state index contributed by atoms with van der Waals surface area (Å²) in [6.45, 7) is 6.62. The van der Waals surface area contributed by atoms with E-state index in [0.29, 0.717) is 11.6 Å². The quantitative estimate of drug-likeness (QED) is 0.723. The van der Waals surface area contributed by atoms with Gasteiger partial charge in [0.05, 0.1) is 11.9 Å². The highest BCUT2D eigenvalue weighted by atomic mass is 16.5. The molecule has 1 saturated carbocycles. The fraction of sp³-hybridized carbons (Fsp3) is 0.524. The molecule has 6 heteroatoms. The van der Waals surface area contributed by atoms with Crippen LogP contribution < -0.4 is 21.5 Å². The number of benzene rings is 1. The Morgan fingerprint density at radius 1 is 1.26 bits per heavy atom. The first-order chi connectivity index (χ1) is 12.9. The molecule has 1 fully saturated rings. The SMILES string of the molecule is CCC(C)(C)c1ccc2c(c1)Nc1nc(=O)n(C3CCC(N)CC3)cc1O2. The van der Waals surface area contributed by atoms with Crippen LogP contribution in [0.4, 0.5) is 11.5 Å². The second-order valence-electron chi connectivity index (χ2n) is 8.39. The zero-order valence-corrected chi connectivity index (χ0v) is 16.3. The van der Waals surface area contributed by atoms with Crippen molar-refractivity contribution in [3.63, 3.8) is 0 Å². The molecule has 1 aliphatic heterocycles. The predicted octanol–water partition coefficient (Wildman–Crippen LogP) is 4.22. The number of hydrogen-bond acceptors (Lipinski definition) is 5. The van der Waals surface area contributed by atoms with E-state index >= 15 is 0 Å². The lowest BCUT2D eigenvalue weighted by atomic mass is 9.82. The summed E-state index contributed by atoms with van der Waals surface area (Å²) in [4.78, 5) is 16.8. The lowest BCUT2D eigenvalue weighted by Gasteiger charge is -2.29. The van der Waals surface area contributed by atoms with Crippen LogP contribution in [-0.4, -0.2) is 15.6 Å². The number of ether oxygens (including phenoxy) is 1. The van der Waals surface area contributed by atoms with Gasteiger partial charge in [-0.15, -0.1) is 0 Å². The monoisotopic (exact) mass is 368 g/mol. The molecule has 144 valence electrons. The molecule has 2 heterocycles. The normalized spacial score (nSPS) is 21.6. The summed E-state index contributed by atoms with van der Waals surface area (Å²) in [6, 6.07) is 6.59. The van der Waals surface area contributed by atoms with Crippen LogP contribution >= 0.6 is 0 Å². The highest BCUT2D eigenvalue weighted by molar-refractivity contribution is 5.73. The van der Waals surface area contributed by atoms with E-state index in [0.717, 1.165) is 43.5 Å². The first kappa shape index (κ1) is 18.0. The topological polar surface area (TPSA) is 82.2 Å². The maximum Gasteiger partial charge on any atom is 0.350 e. The summed E-state index contributed by atoms with van der Waals surface area (Å²) in [6.07, 6.45) is 6.52. The Labute approximate surface area is 159 Å². The van der Waals surface area contributed by atoms with Crippen molar-refractivity contribution in [2.75, 3.05) is 5.32 Å². The van der Waals surface area contributed by atoms with E-state index in [1.807, 2.05) is 6.07 Å².